The first-order valence-electron chi connectivity index (χ1n) is 6.87. The second kappa shape index (κ2) is 6.72. The van der Waals surface area contributed by atoms with Crippen LogP contribution in [0.3, 0.4) is 0 Å². The molecule has 110 valence electrons. The molecule has 0 radical (unpaired) electrons. The maximum Gasteiger partial charge on any atom is 0.223 e. The number of ether oxygens (including phenoxy) is 2. The molecule has 0 saturated heterocycles. The van der Waals surface area contributed by atoms with Crippen LogP contribution in [0.1, 0.15) is 30.0 Å². The first kappa shape index (κ1) is 14.8. The minimum atomic E-state index is -0.221. The number of hydrogen-bond donors (Lipinski definition) is 2. The van der Waals surface area contributed by atoms with Crippen LogP contribution in [0.5, 0.6) is 5.75 Å². The number of hydrogen-bond acceptors (Lipinski definition) is 4. The average Bonchev–Trinajstić information content (AvgIpc) is 2.87. The summed E-state index contributed by atoms with van der Waals surface area (Å²) in [5.41, 5.74) is 7.88. The molecule has 0 fully saturated rings. The lowest BCUT2D eigenvalue weighted by molar-refractivity contribution is -0.124. The molecule has 0 bridgehead atoms. The Labute approximate surface area is 119 Å². The number of carbonyl (C=O) groups is 1. The molecule has 0 saturated carbocycles. The lowest BCUT2D eigenvalue weighted by Crippen LogP contribution is -2.33. The van der Waals surface area contributed by atoms with Gasteiger partial charge in [-0.3, -0.25) is 4.79 Å². The Morgan fingerprint density at radius 3 is 2.95 bits per heavy atom. The fourth-order valence-electron chi connectivity index (χ4n) is 2.68. The molecule has 0 aliphatic heterocycles. The quantitative estimate of drug-likeness (QED) is 0.819. The number of methoxy groups -OCH3 is 2. The largest absolute Gasteiger partial charge is 0.496 e. The van der Waals surface area contributed by atoms with Gasteiger partial charge in [-0.1, -0.05) is 12.1 Å². The third-order valence-electron chi connectivity index (χ3n) is 3.79. The van der Waals surface area contributed by atoms with E-state index in [-0.39, 0.29) is 18.1 Å². The van der Waals surface area contributed by atoms with Crippen molar-refractivity contribution in [3.05, 3.63) is 29.3 Å². The minimum absolute atomic E-state index is 0.0250. The molecule has 0 spiro atoms. The third-order valence-corrected chi connectivity index (χ3v) is 3.79. The lowest BCUT2D eigenvalue weighted by Gasteiger charge is -2.17. The van der Waals surface area contributed by atoms with Gasteiger partial charge in [0, 0.05) is 13.7 Å². The summed E-state index contributed by atoms with van der Waals surface area (Å²) in [4.78, 5) is 12.0. The van der Waals surface area contributed by atoms with Gasteiger partial charge in [-0.2, -0.15) is 0 Å². The van der Waals surface area contributed by atoms with Crippen molar-refractivity contribution >= 4 is 5.91 Å². The van der Waals surface area contributed by atoms with Gasteiger partial charge in [0.1, 0.15) is 5.75 Å². The number of benzene rings is 1. The molecule has 5 nitrogen and oxygen atoms in total. The molecule has 0 aromatic heterocycles. The van der Waals surface area contributed by atoms with Gasteiger partial charge in [0.15, 0.2) is 0 Å². The topological polar surface area (TPSA) is 73.6 Å². The van der Waals surface area contributed by atoms with Crippen LogP contribution in [-0.2, 0) is 16.0 Å². The molecule has 1 aromatic carbocycles. The van der Waals surface area contributed by atoms with Crippen LogP contribution >= 0.6 is 0 Å². The van der Waals surface area contributed by atoms with Gasteiger partial charge in [-0.25, -0.2) is 0 Å². The van der Waals surface area contributed by atoms with E-state index in [1.807, 2.05) is 18.2 Å². The summed E-state index contributed by atoms with van der Waals surface area (Å²) in [7, 11) is 3.24. The highest BCUT2D eigenvalue weighted by Crippen LogP contribution is 2.36. The monoisotopic (exact) mass is 278 g/mol. The zero-order valence-electron chi connectivity index (χ0n) is 12.0. The molecule has 1 aliphatic rings. The standard InChI is InChI=1S/C15H22N2O3/c1-19-10(9-16)8-15(18)17-13-7-6-12-11(13)4-3-5-14(12)20-2/h3-5,10,13H,6-9,16H2,1-2H3,(H,17,18). The van der Waals surface area contributed by atoms with Gasteiger partial charge < -0.3 is 20.5 Å². The maximum atomic E-state index is 12.0. The molecule has 1 aliphatic carbocycles. The number of nitrogens with two attached hydrogens (primary N) is 1. The zero-order chi connectivity index (χ0) is 14.5. The van der Waals surface area contributed by atoms with Crippen LogP contribution in [0, 0.1) is 0 Å². The van der Waals surface area contributed by atoms with E-state index < -0.39 is 0 Å². The molecule has 1 aromatic rings. The molecule has 2 unspecified atom stereocenters. The van der Waals surface area contributed by atoms with Crippen molar-refractivity contribution in [3.63, 3.8) is 0 Å². The van der Waals surface area contributed by atoms with Gasteiger partial charge in [0.05, 0.1) is 25.7 Å². The van der Waals surface area contributed by atoms with Crippen molar-refractivity contribution in [2.24, 2.45) is 5.73 Å². The Kier molecular flexibility index (Phi) is 4.98. The van der Waals surface area contributed by atoms with E-state index in [2.05, 4.69) is 5.32 Å². The van der Waals surface area contributed by atoms with Crippen molar-refractivity contribution in [2.75, 3.05) is 20.8 Å². The Morgan fingerprint density at radius 2 is 2.30 bits per heavy atom. The smallest absolute Gasteiger partial charge is 0.223 e. The Balaban J connectivity index is 2.02. The Bertz CT molecular complexity index is 472. The molecule has 2 rings (SSSR count). The fourth-order valence-corrected chi connectivity index (χ4v) is 2.68. The number of rotatable bonds is 6. The predicted octanol–water partition coefficient (Wildman–Crippen LogP) is 1.16. The SMILES string of the molecule is COc1cccc2c1CCC2NC(=O)CC(CN)OC. The molecule has 3 N–H and O–H groups in total. The number of amides is 1. The first-order valence-corrected chi connectivity index (χ1v) is 6.87. The van der Waals surface area contributed by atoms with Crippen molar-refractivity contribution in [1.82, 2.24) is 5.32 Å². The molecule has 0 heterocycles. The fraction of sp³-hybridized carbons (Fsp3) is 0.533. The molecular weight excluding hydrogens is 256 g/mol. The maximum absolute atomic E-state index is 12.0. The average molecular weight is 278 g/mol. The van der Waals surface area contributed by atoms with Crippen LogP contribution in [0.4, 0.5) is 0 Å². The van der Waals surface area contributed by atoms with Crippen LogP contribution in [-0.4, -0.2) is 32.8 Å². The van der Waals surface area contributed by atoms with Crippen molar-refractivity contribution in [1.29, 1.82) is 0 Å². The Morgan fingerprint density at radius 1 is 1.50 bits per heavy atom. The highest BCUT2D eigenvalue weighted by Gasteiger charge is 2.26. The molecule has 2 atom stereocenters. The highest BCUT2D eigenvalue weighted by molar-refractivity contribution is 5.77. The van der Waals surface area contributed by atoms with Crippen LogP contribution in [0.25, 0.3) is 0 Å². The second-order valence-corrected chi connectivity index (χ2v) is 4.98. The molecule has 1 amide bonds. The van der Waals surface area contributed by atoms with Crippen molar-refractivity contribution < 1.29 is 14.3 Å². The Hall–Kier alpha value is -1.59. The van der Waals surface area contributed by atoms with E-state index in [1.54, 1.807) is 14.2 Å². The molecule has 20 heavy (non-hydrogen) atoms. The van der Waals surface area contributed by atoms with E-state index in [0.29, 0.717) is 13.0 Å². The highest BCUT2D eigenvalue weighted by atomic mass is 16.5. The summed E-state index contributed by atoms with van der Waals surface area (Å²) < 4.78 is 10.5. The summed E-state index contributed by atoms with van der Waals surface area (Å²) in [6, 6.07) is 6.02. The van der Waals surface area contributed by atoms with E-state index in [0.717, 1.165) is 24.2 Å². The third kappa shape index (κ3) is 3.11. The normalized spacial score (nSPS) is 18.4. The number of fused-ring (bicyclic) bond motifs is 1. The van der Waals surface area contributed by atoms with Crippen LogP contribution in [0.2, 0.25) is 0 Å². The molecule has 5 heteroatoms. The second-order valence-electron chi connectivity index (χ2n) is 4.98. The van der Waals surface area contributed by atoms with Gasteiger partial charge in [-0.05, 0) is 30.0 Å². The van der Waals surface area contributed by atoms with E-state index in [1.165, 1.54) is 5.56 Å². The summed E-state index contributed by atoms with van der Waals surface area (Å²) >= 11 is 0. The van der Waals surface area contributed by atoms with Gasteiger partial charge in [0.2, 0.25) is 5.91 Å². The van der Waals surface area contributed by atoms with Crippen LogP contribution < -0.4 is 15.8 Å². The first-order chi connectivity index (χ1) is 9.69. The summed E-state index contributed by atoms with van der Waals surface area (Å²) in [6.07, 6.45) is 1.90. The van der Waals surface area contributed by atoms with Gasteiger partial charge in [-0.15, -0.1) is 0 Å². The summed E-state index contributed by atoms with van der Waals surface area (Å²) in [5, 5.41) is 3.06. The lowest BCUT2D eigenvalue weighted by atomic mass is 10.1. The van der Waals surface area contributed by atoms with Gasteiger partial charge in [0.25, 0.3) is 0 Å². The zero-order valence-corrected chi connectivity index (χ0v) is 12.0. The number of carbonyl (C=O) groups excluding carboxylic acids is 1. The van der Waals surface area contributed by atoms with Crippen molar-refractivity contribution in [3.8, 4) is 5.75 Å². The van der Waals surface area contributed by atoms with E-state index in [4.69, 9.17) is 15.2 Å². The van der Waals surface area contributed by atoms with E-state index >= 15 is 0 Å². The van der Waals surface area contributed by atoms with Crippen molar-refractivity contribution in [2.45, 2.75) is 31.4 Å². The minimum Gasteiger partial charge on any atom is -0.496 e. The van der Waals surface area contributed by atoms with Crippen LogP contribution in [0.15, 0.2) is 18.2 Å². The predicted molar refractivity (Wildman–Crippen MR) is 76.7 cm³/mol. The van der Waals surface area contributed by atoms with E-state index in [9.17, 15) is 4.79 Å². The molecular formula is C15H22N2O3. The summed E-state index contributed by atoms with van der Waals surface area (Å²) in [5.74, 6) is 0.874. The summed E-state index contributed by atoms with van der Waals surface area (Å²) in [6.45, 7) is 0.346. The van der Waals surface area contributed by atoms with Gasteiger partial charge >= 0.3 is 0 Å². The number of nitrogens with one attached hydrogen (secondary N) is 1.